The van der Waals surface area contributed by atoms with Crippen LogP contribution in [0.3, 0.4) is 0 Å². The fourth-order valence-corrected chi connectivity index (χ4v) is 2.81. The standard InChI is InChI=1S/C16H19N3O6/c1-17-15(23)18-10-4-6-11-9(7-10)3-5-12(11)14(22)19(8-13(20)21)16(24)25-2/h4,6-7,12H,3,5,8H2,1-2H3,(H,20,21)(H2,17,18,23)/t12-/m0/s1. The van der Waals surface area contributed by atoms with E-state index in [4.69, 9.17) is 5.11 Å². The third-order valence-electron chi connectivity index (χ3n) is 3.96. The van der Waals surface area contributed by atoms with Crippen LogP contribution in [0.25, 0.3) is 0 Å². The molecule has 9 heteroatoms. The maximum absolute atomic E-state index is 12.6. The Balaban J connectivity index is 2.23. The van der Waals surface area contributed by atoms with E-state index in [-0.39, 0.29) is 6.03 Å². The van der Waals surface area contributed by atoms with Gasteiger partial charge in [-0.15, -0.1) is 0 Å². The van der Waals surface area contributed by atoms with Gasteiger partial charge >= 0.3 is 18.1 Å². The number of fused-ring (bicyclic) bond motifs is 1. The largest absolute Gasteiger partial charge is 0.480 e. The summed E-state index contributed by atoms with van der Waals surface area (Å²) in [7, 11) is 2.59. The van der Waals surface area contributed by atoms with Crippen molar-refractivity contribution >= 4 is 29.7 Å². The Morgan fingerprint density at radius 2 is 2.04 bits per heavy atom. The van der Waals surface area contributed by atoms with E-state index in [0.29, 0.717) is 29.0 Å². The maximum atomic E-state index is 12.6. The van der Waals surface area contributed by atoms with Crippen molar-refractivity contribution in [3.05, 3.63) is 29.3 Å². The summed E-state index contributed by atoms with van der Waals surface area (Å²) < 4.78 is 4.51. The van der Waals surface area contributed by atoms with E-state index >= 15 is 0 Å². The molecule has 1 aromatic carbocycles. The van der Waals surface area contributed by atoms with Crippen LogP contribution in [-0.2, 0) is 20.7 Å². The summed E-state index contributed by atoms with van der Waals surface area (Å²) in [6, 6.07) is 4.76. The minimum atomic E-state index is -1.30. The number of carbonyl (C=O) groups is 4. The van der Waals surface area contributed by atoms with Gasteiger partial charge in [-0.05, 0) is 36.1 Å². The van der Waals surface area contributed by atoms with Gasteiger partial charge in [-0.3, -0.25) is 9.59 Å². The summed E-state index contributed by atoms with van der Waals surface area (Å²) >= 11 is 0. The van der Waals surface area contributed by atoms with Crippen molar-refractivity contribution in [1.29, 1.82) is 0 Å². The van der Waals surface area contributed by atoms with Crippen LogP contribution in [0, 0.1) is 0 Å². The normalized spacial score (nSPS) is 15.0. The monoisotopic (exact) mass is 349 g/mol. The van der Waals surface area contributed by atoms with Gasteiger partial charge in [0.2, 0.25) is 5.91 Å². The summed E-state index contributed by atoms with van der Waals surface area (Å²) in [5, 5.41) is 14.0. The molecule has 0 aromatic heterocycles. The second-order valence-electron chi connectivity index (χ2n) is 5.50. The summed E-state index contributed by atoms with van der Waals surface area (Å²) in [6.07, 6.45) is 0.0284. The highest BCUT2D eigenvalue weighted by Gasteiger charge is 2.36. The smallest absolute Gasteiger partial charge is 0.416 e. The first-order chi connectivity index (χ1) is 11.9. The molecule has 0 heterocycles. The highest BCUT2D eigenvalue weighted by Crippen LogP contribution is 2.36. The summed E-state index contributed by atoms with van der Waals surface area (Å²) in [4.78, 5) is 47.2. The number of urea groups is 1. The molecular formula is C16H19N3O6. The van der Waals surface area contributed by atoms with Gasteiger partial charge in [0.15, 0.2) is 0 Å². The molecule has 2 rings (SSSR count). The molecule has 0 aliphatic heterocycles. The zero-order chi connectivity index (χ0) is 18.6. The maximum Gasteiger partial charge on any atom is 0.416 e. The lowest BCUT2D eigenvalue weighted by molar-refractivity contribution is -0.143. The molecule has 9 nitrogen and oxygen atoms in total. The lowest BCUT2D eigenvalue weighted by Crippen LogP contribution is -2.42. The van der Waals surface area contributed by atoms with Gasteiger partial charge in [0.25, 0.3) is 0 Å². The number of nitrogens with one attached hydrogen (secondary N) is 2. The molecule has 3 N–H and O–H groups in total. The van der Waals surface area contributed by atoms with Crippen LogP contribution in [0.4, 0.5) is 15.3 Å². The number of rotatable bonds is 4. The molecule has 0 unspecified atom stereocenters. The first-order valence-electron chi connectivity index (χ1n) is 7.60. The van der Waals surface area contributed by atoms with Crippen LogP contribution >= 0.6 is 0 Å². The third-order valence-corrected chi connectivity index (χ3v) is 3.96. The van der Waals surface area contributed by atoms with Gasteiger partial charge in [0.1, 0.15) is 6.54 Å². The second kappa shape index (κ2) is 7.65. The van der Waals surface area contributed by atoms with Crippen molar-refractivity contribution in [2.75, 3.05) is 26.0 Å². The zero-order valence-corrected chi connectivity index (χ0v) is 13.9. The van der Waals surface area contributed by atoms with Crippen molar-refractivity contribution < 1.29 is 29.0 Å². The van der Waals surface area contributed by atoms with Crippen LogP contribution < -0.4 is 10.6 Å². The molecule has 134 valence electrons. The van der Waals surface area contributed by atoms with Crippen LogP contribution in [0.5, 0.6) is 0 Å². The number of imide groups is 1. The molecule has 0 fully saturated rings. The summed E-state index contributed by atoms with van der Waals surface area (Å²) in [5.41, 5.74) is 2.17. The van der Waals surface area contributed by atoms with Crippen molar-refractivity contribution in [1.82, 2.24) is 10.2 Å². The highest BCUT2D eigenvalue weighted by molar-refractivity contribution is 5.99. The molecule has 1 atom stereocenters. The second-order valence-corrected chi connectivity index (χ2v) is 5.50. The zero-order valence-electron chi connectivity index (χ0n) is 13.9. The topological polar surface area (TPSA) is 125 Å². The van der Waals surface area contributed by atoms with Gasteiger partial charge in [-0.2, -0.15) is 0 Å². The predicted octanol–water partition coefficient (Wildman–Crippen LogP) is 1.15. The van der Waals surface area contributed by atoms with E-state index in [9.17, 15) is 19.2 Å². The molecule has 0 spiro atoms. The molecule has 0 bridgehead atoms. The Hall–Kier alpha value is -3.10. The number of hydrogen-bond acceptors (Lipinski definition) is 5. The van der Waals surface area contributed by atoms with Gasteiger partial charge in [-0.1, -0.05) is 6.07 Å². The van der Waals surface area contributed by atoms with E-state index in [1.807, 2.05) is 0 Å². The number of aliphatic carboxylic acids is 1. The number of hydrogen-bond donors (Lipinski definition) is 3. The molecule has 0 saturated carbocycles. The molecule has 0 radical (unpaired) electrons. The molecule has 1 aliphatic carbocycles. The first-order valence-corrected chi connectivity index (χ1v) is 7.60. The average molecular weight is 349 g/mol. The number of carboxylic acid groups (broad SMARTS) is 1. The lowest BCUT2D eigenvalue weighted by atomic mass is 9.99. The minimum Gasteiger partial charge on any atom is -0.480 e. The Labute approximate surface area is 143 Å². The Kier molecular flexibility index (Phi) is 5.58. The summed E-state index contributed by atoms with van der Waals surface area (Å²) in [6.45, 7) is -0.756. The number of methoxy groups -OCH3 is 1. The first kappa shape index (κ1) is 18.2. The molecule has 1 aliphatic rings. The summed E-state index contributed by atoms with van der Waals surface area (Å²) in [5.74, 6) is -2.54. The third kappa shape index (κ3) is 4.06. The van der Waals surface area contributed by atoms with E-state index in [1.165, 1.54) is 7.05 Å². The van der Waals surface area contributed by atoms with Crippen molar-refractivity contribution in [2.45, 2.75) is 18.8 Å². The van der Waals surface area contributed by atoms with Crippen LogP contribution in [0.15, 0.2) is 18.2 Å². The molecule has 0 saturated heterocycles. The Bertz CT molecular complexity index is 718. The van der Waals surface area contributed by atoms with E-state index in [2.05, 4.69) is 15.4 Å². The molecular weight excluding hydrogens is 330 g/mol. The fraction of sp³-hybridized carbons (Fsp3) is 0.375. The van der Waals surface area contributed by atoms with Crippen molar-refractivity contribution in [3.8, 4) is 0 Å². The predicted molar refractivity (Wildman–Crippen MR) is 87.3 cm³/mol. The number of benzene rings is 1. The Morgan fingerprint density at radius 3 is 2.64 bits per heavy atom. The molecule has 25 heavy (non-hydrogen) atoms. The fourth-order valence-electron chi connectivity index (χ4n) is 2.81. The SMILES string of the molecule is CNC(=O)Nc1ccc2c(c1)CC[C@@H]2C(=O)N(CC(=O)O)C(=O)OC. The number of aryl methyl sites for hydroxylation is 1. The van der Waals surface area contributed by atoms with Crippen molar-refractivity contribution in [2.24, 2.45) is 0 Å². The highest BCUT2D eigenvalue weighted by atomic mass is 16.5. The number of ether oxygens (including phenoxy) is 1. The van der Waals surface area contributed by atoms with Crippen molar-refractivity contribution in [3.63, 3.8) is 0 Å². The molecule has 4 amide bonds. The van der Waals surface area contributed by atoms with Gasteiger partial charge in [0.05, 0.1) is 13.0 Å². The minimum absolute atomic E-state index is 0.358. The average Bonchev–Trinajstić information content (AvgIpc) is 3.01. The number of amides is 4. The molecule has 1 aromatic rings. The van der Waals surface area contributed by atoms with Crippen LogP contribution in [-0.4, -0.2) is 54.7 Å². The van der Waals surface area contributed by atoms with E-state index in [1.54, 1.807) is 18.2 Å². The number of carbonyl (C=O) groups excluding carboxylic acids is 3. The number of anilines is 1. The van der Waals surface area contributed by atoms with Gasteiger partial charge in [0, 0.05) is 12.7 Å². The lowest BCUT2D eigenvalue weighted by Gasteiger charge is -2.21. The van der Waals surface area contributed by atoms with E-state index < -0.39 is 30.4 Å². The van der Waals surface area contributed by atoms with E-state index in [0.717, 1.165) is 12.7 Å². The number of carboxylic acids is 1. The van der Waals surface area contributed by atoms with Gasteiger partial charge < -0.3 is 20.5 Å². The number of nitrogens with zero attached hydrogens (tertiary/aromatic N) is 1. The van der Waals surface area contributed by atoms with Crippen LogP contribution in [0.2, 0.25) is 0 Å². The Morgan fingerprint density at radius 1 is 1.32 bits per heavy atom. The van der Waals surface area contributed by atoms with Crippen LogP contribution in [0.1, 0.15) is 23.5 Å². The van der Waals surface area contributed by atoms with Gasteiger partial charge in [-0.25, -0.2) is 14.5 Å². The quantitative estimate of drug-likeness (QED) is 0.749.